The number of carbonyl (C=O) groups is 1. The summed E-state index contributed by atoms with van der Waals surface area (Å²) >= 11 is 0. The van der Waals surface area contributed by atoms with Crippen molar-refractivity contribution in [3.05, 3.63) is 65.5 Å². The highest BCUT2D eigenvalue weighted by Crippen LogP contribution is 2.31. The minimum atomic E-state index is -1.50. The summed E-state index contributed by atoms with van der Waals surface area (Å²) in [5.41, 5.74) is 0.763. The van der Waals surface area contributed by atoms with Gasteiger partial charge < -0.3 is 54.3 Å². The Kier molecular flexibility index (Phi) is 10.1. The molecule has 1 amide bonds. The SMILES string of the molecule is CON=C(COc1ccccc1)[C@H]1O[C@@H](Oc2ccc(C=C(C)C(=O)N[C@@H]3[C@H](O)[C@@H](O)[C@H]4OCO[C@H]4[C@@H]3O)cc2F)C[C@@H]1O. The molecule has 2 aromatic rings. The van der Waals surface area contributed by atoms with E-state index in [1.54, 1.807) is 12.1 Å². The van der Waals surface area contributed by atoms with Crippen LogP contribution in [0.15, 0.2) is 59.3 Å². The third kappa shape index (κ3) is 7.02. The van der Waals surface area contributed by atoms with E-state index >= 15 is 4.39 Å². The van der Waals surface area contributed by atoms with E-state index in [0.717, 1.165) is 6.07 Å². The van der Waals surface area contributed by atoms with Gasteiger partial charge in [0.2, 0.25) is 12.2 Å². The second kappa shape index (κ2) is 14.0. The van der Waals surface area contributed by atoms with Crippen molar-refractivity contribution >= 4 is 17.7 Å². The van der Waals surface area contributed by atoms with E-state index in [2.05, 4.69) is 10.5 Å². The number of hydrogen-bond donors (Lipinski definition) is 5. The predicted octanol–water partition coefficient (Wildman–Crippen LogP) is 0.488. The molecular formula is C30H35FN2O11. The zero-order chi connectivity index (χ0) is 31.4. The summed E-state index contributed by atoms with van der Waals surface area (Å²) < 4.78 is 42.7. The number of amides is 1. The van der Waals surface area contributed by atoms with Crippen molar-refractivity contribution in [2.24, 2.45) is 5.16 Å². The molecule has 1 saturated carbocycles. The van der Waals surface area contributed by atoms with Gasteiger partial charge in [-0.05, 0) is 42.8 Å². The van der Waals surface area contributed by atoms with Crippen LogP contribution in [0.3, 0.4) is 0 Å². The number of aliphatic hydroxyl groups is 4. The van der Waals surface area contributed by atoms with Gasteiger partial charge in [0, 0.05) is 12.0 Å². The summed E-state index contributed by atoms with van der Waals surface area (Å²) in [5.74, 6) is -0.932. The Morgan fingerprint density at radius 1 is 1.07 bits per heavy atom. The van der Waals surface area contributed by atoms with E-state index in [0.29, 0.717) is 11.3 Å². The minimum Gasteiger partial charge on any atom is -0.487 e. The number of oxime groups is 1. The van der Waals surface area contributed by atoms with Crippen LogP contribution in [0.2, 0.25) is 0 Å². The molecule has 0 bridgehead atoms. The van der Waals surface area contributed by atoms with Gasteiger partial charge in [-0.2, -0.15) is 0 Å². The second-order valence-electron chi connectivity index (χ2n) is 10.6. The Bertz CT molecular complexity index is 1360. The zero-order valence-corrected chi connectivity index (χ0v) is 24.0. The van der Waals surface area contributed by atoms with Crippen LogP contribution in [0.1, 0.15) is 18.9 Å². The predicted molar refractivity (Wildman–Crippen MR) is 151 cm³/mol. The summed E-state index contributed by atoms with van der Waals surface area (Å²) in [6.45, 7) is 1.31. The fourth-order valence-corrected chi connectivity index (χ4v) is 5.34. The Hall–Kier alpha value is -3.63. The normalized spacial score (nSPS) is 32.2. The molecule has 0 aromatic heterocycles. The smallest absolute Gasteiger partial charge is 0.247 e. The molecule has 1 aliphatic carbocycles. The van der Waals surface area contributed by atoms with Gasteiger partial charge in [0.25, 0.3) is 0 Å². The summed E-state index contributed by atoms with van der Waals surface area (Å²) in [6.07, 6.45) is -7.48. The number of aliphatic hydroxyl groups excluding tert-OH is 4. The van der Waals surface area contributed by atoms with Crippen molar-refractivity contribution in [3.8, 4) is 11.5 Å². The van der Waals surface area contributed by atoms with E-state index in [1.807, 2.05) is 18.2 Å². The summed E-state index contributed by atoms with van der Waals surface area (Å²) in [7, 11) is 1.36. The van der Waals surface area contributed by atoms with Crippen molar-refractivity contribution in [2.75, 3.05) is 20.5 Å². The molecule has 2 aromatic carbocycles. The van der Waals surface area contributed by atoms with Crippen LogP contribution in [-0.2, 0) is 23.8 Å². The summed E-state index contributed by atoms with van der Waals surface area (Å²) in [5, 5.41) is 48.4. The number of benzene rings is 2. The molecule has 2 saturated heterocycles. The molecule has 3 fully saturated rings. The lowest BCUT2D eigenvalue weighted by Gasteiger charge is -2.41. The van der Waals surface area contributed by atoms with Crippen molar-refractivity contribution in [2.45, 2.75) is 68.4 Å². The Labute approximate surface area is 252 Å². The number of nitrogens with zero attached hydrogens (tertiary/aromatic N) is 1. The highest BCUT2D eigenvalue weighted by atomic mass is 19.1. The van der Waals surface area contributed by atoms with Gasteiger partial charge in [-0.1, -0.05) is 29.4 Å². The van der Waals surface area contributed by atoms with Gasteiger partial charge in [0.1, 0.15) is 68.6 Å². The van der Waals surface area contributed by atoms with Crippen LogP contribution in [0.25, 0.3) is 6.08 Å². The fourth-order valence-electron chi connectivity index (χ4n) is 5.34. The summed E-state index contributed by atoms with van der Waals surface area (Å²) in [4.78, 5) is 17.7. The first-order chi connectivity index (χ1) is 21.2. The van der Waals surface area contributed by atoms with Crippen molar-refractivity contribution in [3.63, 3.8) is 0 Å². The van der Waals surface area contributed by atoms with E-state index in [4.69, 9.17) is 28.5 Å². The highest BCUT2D eigenvalue weighted by molar-refractivity contribution is 5.97. The first kappa shape index (κ1) is 31.8. The quantitative estimate of drug-likeness (QED) is 0.142. The first-order valence-corrected chi connectivity index (χ1v) is 14.0. The molecule has 0 unspecified atom stereocenters. The average molecular weight is 619 g/mol. The van der Waals surface area contributed by atoms with Crippen LogP contribution in [-0.4, -0.2) is 108 Å². The number of fused-ring (bicyclic) bond motifs is 1. The van der Waals surface area contributed by atoms with Crippen molar-refractivity contribution in [1.29, 1.82) is 0 Å². The monoisotopic (exact) mass is 618 g/mol. The van der Waals surface area contributed by atoms with Crippen LogP contribution in [0, 0.1) is 5.82 Å². The van der Waals surface area contributed by atoms with Crippen LogP contribution < -0.4 is 14.8 Å². The van der Waals surface area contributed by atoms with E-state index in [1.165, 1.54) is 32.2 Å². The maximum absolute atomic E-state index is 15.0. The third-order valence-corrected chi connectivity index (χ3v) is 7.61. The van der Waals surface area contributed by atoms with Gasteiger partial charge in [-0.25, -0.2) is 4.39 Å². The minimum absolute atomic E-state index is 0.0167. The maximum Gasteiger partial charge on any atom is 0.247 e. The fraction of sp³-hybridized carbons (Fsp3) is 0.467. The number of hydrogen-bond acceptors (Lipinski definition) is 12. The largest absolute Gasteiger partial charge is 0.487 e. The lowest BCUT2D eigenvalue weighted by atomic mass is 9.83. The van der Waals surface area contributed by atoms with Gasteiger partial charge in [-0.3, -0.25) is 4.79 Å². The Balaban J connectivity index is 1.18. The molecule has 14 heteroatoms. The molecule has 5 rings (SSSR count). The van der Waals surface area contributed by atoms with Crippen LogP contribution >= 0.6 is 0 Å². The van der Waals surface area contributed by atoms with Gasteiger partial charge >= 0.3 is 0 Å². The molecule has 0 spiro atoms. The van der Waals surface area contributed by atoms with Crippen molar-refractivity contribution in [1.82, 2.24) is 5.32 Å². The third-order valence-electron chi connectivity index (χ3n) is 7.61. The van der Waals surface area contributed by atoms with Gasteiger partial charge in [-0.15, -0.1) is 0 Å². The zero-order valence-electron chi connectivity index (χ0n) is 24.0. The average Bonchev–Trinajstić information content (AvgIpc) is 3.65. The molecule has 2 aliphatic heterocycles. The van der Waals surface area contributed by atoms with Gasteiger partial charge in [0.15, 0.2) is 11.6 Å². The molecule has 0 radical (unpaired) electrons. The number of ether oxygens (including phenoxy) is 5. The number of rotatable bonds is 10. The van der Waals surface area contributed by atoms with E-state index < -0.39 is 66.8 Å². The Morgan fingerprint density at radius 3 is 2.50 bits per heavy atom. The van der Waals surface area contributed by atoms with Crippen LogP contribution in [0.4, 0.5) is 4.39 Å². The van der Waals surface area contributed by atoms with Crippen molar-refractivity contribution < 1.29 is 58.1 Å². The molecule has 5 N–H and O–H groups in total. The maximum atomic E-state index is 15.0. The molecule has 238 valence electrons. The number of halogens is 1. The lowest BCUT2D eigenvalue weighted by molar-refractivity contribution is -0.155. The molecule has 3 aliphatic rings. The van der Waals surface area contributed by atoms with Crippen LogP contribution in [0.5, 0.6) is 11.5 Å². The standard InChI is InChI=1S/C30H35FN2O11/c1-15(30(38)32-23-24(35)26(37)29-28(25(23)36)41-14-42-29)10-16-8-9-21(18(31)11-16)43-22-12-20(34)27(44-22)19(33-39-2)13-40-17-6-4-3-5-7-17/h3-11,20,22-29,34-37H,12-14H2,1-2H3,(H,32,38)/t20-,22+,23+,24-,25+,26+,27+,28-,29+/m0/s1. The molecule has 13 nitrogen and oxygen atoms in total. The number of carbonyl (C=O) groups excluding carboxylic acids is 1. The lowest BCUT2D eigenvalue weighted by Crippen LogP contribution is -2.67. The number of para-hydroxylation sites is 1. The van der Waals surface area contributed by atoms with E-state index in [-0.39, 0.29) is 36.9 Å². The highest BCUT2D eigenvalue weighted by Gasteiger charge is 2.53. The van der Waals surface area contributed by atoms with Gasteiger partial charge in [0.05, 0.1) is 12.1 Å². The topological polar surface area (TPSA) is 178 Å². The molecule has 44 heavy (non-hydrogen) atoms. The van der Waals surface area contributed by atoms with E-state index in [9.17, 15) is 25.2 Å². The summed E-state index contributed by atoms with van der Waals surface area (Å²) in [6, 6.07) is 11.8. The molecule has 2 heterocycles. The molecule has 9 atom stereocenters. The Morgan fingerprint density at radius 2 is 1.80 bits per heavy atom. The first-order valence-electron chi connectivity index (χ1n) is 14.0. The molecular weight excluding hydrogens is 583 g/mol. The number of nitrogens with one attached hydrogen (secondary N) is 1. The second-order valence-corrected chi connectivity index (χ2v) is 10.6.